The van der Waals surface area contributed by atoms with Crippen LogP contribution in [0.4, 0.5) is 0 Å². The van der Waals surface area contributed by atoms with Crippen molar-refractivity contribution in [1.29, 1.82) is 0 Å². The summed E-state index contributed by atoms with van der Waals surface area (Å²) >= 11 is 5.94. The number of nitrogens with one attached hydrogen (secondary N) is 1. The molecule has 2 aromatic carbocycles. The fraction of sp³-hybridized carbons (Fsp3) is 0.105. The maximum absolute atomic E-state index is 10.4. The minimum atomic E-state index is 0.119. The van der Waals surface area contributed by atoms with E-state index in [2.05, 4.69) is 16.8 Å². The van der Waals surface area contributed by atoms with Gasteiger partial charge in [-0.3, -0.25) is 5.10 Å². The van der Waals surface area contributed by atoms with E-state index in [4.69, 9.17) is 16.3 Å². The van der Waals surface area contributed by atoms with Gasteiger partial charge >= 0.3 is 0 Å². The van der Waals surface area contributed by atoms with E-state index < -0.39 is 0 Å². The molecule has 1 heterocycles. The predicted molar refractivity (Wildman–Crippen MR) is 96.4 cm³/mol. The summed E-state index contributed by atoms with van der Waals surface area (Å²) in [5.41, 5.74) is 4.15. The third kappa shape index (κ3) is 3.44. The van der Waals surface area contributed by atoms with Crippen LogP contribution < -0.4 is 4.74 Å². The molecule has 0 unspecified atom stereocenters. The van der Waals surface area contributed by atoms with Crippen molar-refractivity contribution in [3.05, 3.63) is 65.8 Å². The second kappa shape index (κ2) is 6.81. The molecule has 0 fully saturated rings. The molecule has 5 heteroatoms. The van der Waals surface area contributed by atoms with Crippen molar-refractivity contribution < 1.29 is 9.84 Å². The Bertz CT molecular complexity index is 869. The summed E-state index contributed by atoms with van der Waals surface area (Å²) in [6.45, 7) is 6.09. The van der Waals surface area contributed by atoms with Crippen molar-refractivity contribution in [3.63, 3.8) is 0 Å². The Morgan fingerprint density at radius 1 is 1.21 bits per heavy atom. The fourth-order valence-corrected chi connectivity index (χ4v) is 2.48. The molecule has 3 aromatic rings. The average molecular weight is 341 g/mol. The molecule has 1 aromatic heterocycles. The molecule has 0 aliphatic rings. The fourth-order valence-electron chi connectivity index (χ4n) is 2.36. The van der Waals surface area contributed by atoms with Gasteiger partial charge in [0, 0.05) is 22.2 Å². The van der Waals surface area contributed by atoms with E-state index in [1.807, 2.05) is 37.3 Å². The number of aromatic hydroxyl groups is 1. The van der Waals surface area contributed by atoms with Crippen LogP contribution >= 0.6 is 11.6 Å². The van der Waals surface area contributed by atoms with Crippen LogP contribution in [0.2, 0.25) is 5.02 Å². The third-order valence-electron chi connectivity index (χ3n) is 3.52. The molecular weight excluding hydrogens is 324 g/mol. The Balaban J connectivity index is 1.94. The number of phenols is 1. The molecule has 0 saturated heterocycles. The van der Waals surface area contributed by atoms with Crippen molar-refractivity contribution in [2.45, 2.75) is 6.92 Å². The minimum Gasteiger partial charge on any atom is -0.507 e. The molecule has 0 aliphatic heterocycles. The van der Waals surface area contributed by atoms with E-state index in [-0.39, 0.29) is 5.75 Å². The normalized spacial score (nSPS) is 10.6. The highest BCUT2D eigenvalue weighted by Crippen LogP contribution is 2.37. The van der Waals surface area contributed by atoms with Crippen LogP contribution in [0.15, 0.2) is 60.8 Å². The Labute approximate surface area is 145 Å². The van der Waals surface area contributed by atoms with Gasteiger partial charge in [-0.15, -0.1) is 0 Å². The van der Waals surface area contributed by atoms with Crippen LogP contribution in [0.5, 0.6) is 11.5 Å². The smallest absolute Gasteiger partial charge is 0.128 e. The van der Waals surface area contributed by atoms with Crippen LogP contribution in [0.1, 0.15) is 6.92 Å². The van der Waals surface area contributed by atoms with E-state index in [0.717, 1.165) is 22.4 Å². The summed E-state index contributed by atoms with van der Waals surface area (Å²) in [5, 5.41) is 18.1. The van der Waals surface area contributed by atoms with Crippen molar-refractivity contribution in [1.82, 2.24) is 10.2 Å². The Hall–Kier alpha value is -2.72. The quantitative estimate of drug-likeness (QED) is 0.638. The van der Waals surface area contributed by atoms with E-state index in [9.17, 15) is 5.11 Å². The molecule has 2 N–H and O–H groups in total. The molecule has 0 bridgehead atoms. The molecule has 0 amide bonds. The first-order chi connectivity index (χ1) is 11.5. The molecule has 3 rings (SSSR count). The number of ether oxygens (including phenoxy) is 1. The van der Waals surface area contributed by atoms with E-state index >= 15 is 0 Å². The van der Waals surface area contributed by atoms with Gasteiger partial charge in [-0.2, -0.15) is 5.10 Å². The monoisotopic (exact) mass is 340 g/mol. The molecular formula is C19H17ClN2O2. The van der Waals surface area contributed by atoms with Gasteiger partial charge in [0.25, 0.3) is 0 Å². The molecule has 4 nitrogen and oxygen atoms in total. The standard InChI is InChI=1S/C19H17ClN2O2/c1-12(2)11-24-15-7-8-16(18(23)9-15)19-17(10-21-22-19)13-3-5-14(20)6-4-13/h3-10,23H,1,11H2,2H3,(H,21,22). The highest BCUT2D eigenvalue weighted by molar-refractivity contribution is 6.30. The highest BCUT2D eigenvalue weighted by atomic mass is 35.5. The van der Waals surface area contributed by atoms with Crippen molar-refractivity contribution >= 4 is 11.6 Å². The first-order valence-electron chi connectivity index (χ1n) is 7.44. The highest BCUT2D eigenvalue weighted by Gasteiger charge is 2.14. The molecule has 24 heavy (non-hydrogen) atoms. The van der Waals surface area contributed by atoms with Gasteiger partial charge in [-0.05, 0) is 42.3 Å². The summed E-state index contributed by atoms with van der Waals surface area (Å²) in [6, 6.07) is 12.7. The van der Waals surface area contributed by atoms with Gasteiger partial charge in [0.15, 0.2) is 0 Å². The van der Waals surface area contributed by atoms with Crippen molar-refractivity contribution in [3.8, 4) is 33.9 Å². The van der Waals surface area contributed by atoms with Crippen molar-refractivity contribution in [2.24, 2.45) is 0 Å². The molecule has 0 saturated carbocycles. The van der Waals surface area contributed by atoms with E-state index in [1.54, 1.807) is 18.3 Å². The lowest BCUT2D eigenvalue weighted by Crippen LogP contribution is -1.97. The van der Waals surface area contributed by atoms with Crippen LogP contribution in [-0.4, -0.2) is 21.9 Å². The van der Waals surface area contributed by atoms with Gasteiger partial charge in [0.1, 0.15) is 18.1 Å². The number of hydrogen-bond acceptors (Lipinski definition) is 3. The summed E-state index contributed by atoms with van der Waals surface area (Å²) in [7, 11) is 0. The van der Waals surface area contributed by atoms with Crippen LogP contribution in [-0.2, 0) is 0 Å². The number of hydrogen-bond donors (Lipinski definition) is 2. The Morgan fingerprint density at radius 2 is 1.96 bits per heavy atom. The largest absolute Gasteiger partial charge is 0.507 e. The number of halogens is 1. The van der Waals surface area contributed by atoms with Crippen LogP contribution in [0, 0.1) is 0 Å². The lowest BCUT2D eigenvalue weighted by atomic mass is 10.0. The lowest BCUT2D eigenvalue weighted by Gasteiger charge is -2.10. The zero-order valence-corrected chi connectivity index (χ0v) is 14.0. The van der Waals surface area contributed by atoms with Gasteiger partial charge in [0.2, 0.25) is 0 Å². The number of aromatic amines is 1. The summed E-state index contributed by atoms with van der Waals surface area (Å²) in [6.07, 6.45) is 1.73. The van der Waals surface area contributed by atoms with Crippen LogP contribution in [0.25, 0.3) is 22.4 Å². The van der Waals surface area contributed by atoms with E-state index in [0.29, 0.717) is 22.9 Å². The van der Waals surface area contributed by atoms with Gasteiger partial charge in [-0.25, -0.2) is 0 Å². The summed E-state index contributed by atoms with van der Waals surface area (Å²) < 4.78 is 5.55. The van der Waals surface area contributed by atoms with Gasteiger partial charge < -0.3 is 9.84 Å². The lowest BCUT2D eigenvalue weighted by molar-refractivity contribution is 0.350. The number of benzene rings is 2. The molecule has 0 atom stereocenters. The Morgan fingerprint density at radius 3 is 2.62 bits per heavy atom. The topological polar surface area (TPSA) is 58.1 Å². The second-order valence-electron chi connectivity index (χ2n) is 5.59. The van der Waals surface area contributed by atoms with Crippen LogP contribution in [0.3, 0.4) is 0 Å². The second-order valence-corrected chi connectivity index (χ2v) is 6.03. The number of H-pyrrole nitrogens is 1. The predicted octanol–water partition coefficient (Wildman–Crippen LogP) is 5.06. The molecule has 122 valence electrons. The average Bonchev–Trinajstić information content (AvgIpc) is 3.03. The number of aromatic nitrogens is 2. The summed E-state index contributed by atoms with van der Waals surface area (Å²) in [4.78, 5) is 0. The SMILES string of the molecule is C=C(C)COc1ccc(-c2[nH]ncc2-c2ccc(Cl)cc2)c(O)c1. The summed E-state index contributed by atoms with van der Waals surface area (Å²) in [5.74, 6) is 0.709. The van der Waals surface area contributed by atoms with E-state index in [1.165, 1.54) is 0 Å². The number of nitrogens with zero attached hydrogens (tertiary/aromatic N) is 1. The minimum absolute atomic E-state index is 0.119. The first kappa shape index (κ1) is 16.1. The first-order valence-corrected chi connectivity index (χ1v) is 7.82. The third-order valence-corrected chi connectivity index (χ3v) is 3.77. The number of phenolic OH excluding ortho intramolecular Hbond substituents is 1. The molecule has 0 radical (unpaired) electrons. The maximum Gasteiger partial charge on any atom is 0.128 e. The molecule has 0 aliphatic carbocycles. The maximum atomic E-state index is 10.4. The molecule has 0 spiro atoms. The zero-order chi connectivity index (χ0) is 17.1. The zero-order valence-electron chi connectivity index (χ0n) is 13.2. The van der Waals surface area contributed by atoms with Gasteiger partial charge in [0.05, 0.1) is 11.9 Å². The Kier molecular flexibility index (Phi) is 4.58. The van der Waals surface area contributed by atoms with Gasteiger partial charge in [-0.1, -0.05) is 30.3 Å². The van der Waals surface area contributed by atoms with Crippen molar-refractivity contribution in [2.75, 3.05) is 6.61 Å². The number of rotatable bonds is 5.